The fourth-order valence-corrected chi connectivity index (χ4v) is 9.16. The van der Waals surface area contributed by atoms with Crippen LogP contribution in [0.15, 0.2) is 60.7 Å². The molecular weight excluding hydrogens is 376 g/mol. The molecule has 3 rings (SSSR count). The van der Waals surface area contributed by atoms with Gasteiger partial charge in [-0.1, -0.05) is 94.3 Å². The maximum absolute atomic E-state index is 10.1. The second-order valence-corrected chi connectivity index (χ2v) is 13.4. The summed E-state index contributed by atoms with van der Waals surface area (Å²) in [6, 6.07) is 21.5. The highest BCUT2D eigenvalue weighted by Gasteiger charge is 2.49. The fourth-order valence-electron chi connectivity index (χ4n) is 4.55. The van der Waals surface area contributed by atoms with Gasteiger partial charge in [0, 0.05) is 13.2 Å². The van der Waals surface area contributed by atoms with E-state index in [1.165, 1.54) is 10.4 Å². The molecule has 0 unspecified atom stereocenters. The lowest BCUT2D eigenvalue weighted by atomic mass is 9.95. The third-order valence-corrected chi connectivity index (χ3v) is 11.1. The molecule has 29 heavy (non-hydrogen) atoms. The maximum atomic E-state index is 10.1. The molecule has 4 heteroatoms. The SMILES string of the molecule is CC(C)(C)[Si](OCCCO[C@H]1CCCC[C@@H]1O)(c1ccccc1)c1ccccc1. The Labute approximate surface area is 177 Å². The minimum absolute atomic E-state index is 0.00313. The fraction of sp³-hybridized carbons (Fsp3) is 0.520. The molecule has 1 saturated carbocycles. The lowest BCUT2D eigenvalue weighted by Crippen LogP contribution is -2.66. The predicted molar refractivity (Wildman–Crippen MR) is 122 cm³/mol. The van der Waals surface area contributed by atoms with E-state index in [1.807, 2.05) is 0 Å². The third kappa shape index (κ3) is 5.18. The van der Waals surface area contributed by atoms with Crippen molar-refractivity contribution in [2.45, 2.75) is 70.1 Å². The van der Waals surface area contributed by atoms with Gasteiger partial charge >= 0.3 is 0 Å². The van der Waals surface area contributed by atoms with Crippen molar-refractivity contribution < 1.29 is 14.3 Å². The van der Waals surface area contributed by atoms with Crippen molar-refractivity contribution in [1.29, 1.82) is 0 Å². The number of aliphatic hydroxyl groups is 1. The van der Waals surface area contributed by atoms with Crippen molar-refractivity contribution >= 4 is 18.7 Å². The highest BCUT2D eigenvalue weighted by Crippen LogP contribution is 2.36. The number of aliphatic hydroxyl groups excluding tert-OH is 1. The Morgan fingerprint density at radius 1 is 0.862 bits per heavy atom. The van der Waals surface area contributed by atoms with Crippen LogP contribution in [0, 0.1) is 0 Å². The lowest BCUT2D eigenvalue weighted by molar-refractivity contribution is -0.0608. The van der Waals surface area contributed by atoms with Crippen molar-refractivity contribution in [1.82, 2.24) is 0 Å². The third-order valence-electron chi connectivity index (χ3n) is 6.02. The number of hydrogen-bond acceptors (Lipinski definition) is 3. The summed E-state index contributed by atoms with van der Waals surface area (Å²) in [6.45, 7) is 8.20. The molecule has 0 amide bonds. The monoisotopic (exact) mass is 412 g/mol. The molecule has 0 heterocycles. The van der Waals surface area contributed by atoms with E-state index in [0.29, 0.717) is 13.2 Å². The molecule has 3 nitrogen and oxygen atoms in total. The van der Waals surface area contributed by atoms with E-state index in [-0.39, 0.29) is 17.2 Å². The first-order valence-corrected chi connectivity index (χ1v) is 12.9. The summed E-state index contributed by atoms with van der Waals surface area (Å²) in [5.41, 5.74) is 0. The standard InChI is InChI=1S/C25H36O3Si/c1-25(2,3)29(21-13-6-4-7-14-21,22-15-8-5-9-16-22)28-20-12-19-27-24-18-11-10-17-23(24)26/h4-9,13-16,23-24,26H,10-12,17-20H2,1-3H3/t23-,24-/m0/s1. The van der Waals surface area contributed by atoms with Gasteiger partial charge in [0.05, 0.1) is 12.2 Å². The molecule has 2 aromatic rings. The summed E-state index contributed by atoms with van der Waals surface area (Å²) in [5, 5.41) is 12.7. The first-order valence-electron chi connectivity index (χ1n) is 11.0. The minimum Gasteiger partial charge on any atom is -0.407 e. The highest BCUT2D eigenvalue weighted by molar-refractivity contribution is 6.99. The summed E-state index contributed by atoms with van der Waals surface area (Å²) in [6.07, 6.45) is 4.63. The van der Waals surface area contributed by atoms with Crippen molar-refractivity contribution in [2.75, 3.05) is 13.2 Å². The van der Waals surface area contributed by atoms with Crippen LogP contribution in [-0.2, 0) is 9.16 Å². The Kier molecular flexibility index (Phi) is 7.69. The molecule has 1 aliphatic carbocycles. The normalized spacial score (nSPS) is 20.6. The summed E-state index contributed by atoms with van der Waals surface area (Å²) in [7, 11) is -2.46. The molecule has 2 aromatic carbocycles. The van der Waals surface area contributed by atoms with E-state index in [2.05, 4.69) is 81.4 Å². The summed E-state index contributed by atoms with van der Waals surface area (Å²) < 4.78 is 12.9. The number of hydrogen-bond donors (Lipinski definition) is 1. The van der Waals surface area contributed by atoms with Gasteiger partial charge in [0.15, 0.2) is 0 Å². The smallest absolute Gasteiger partial charge is 0.261 e. The molecule has 0 saturated heterocycles. The first kappa shape index (κ1) is 22.2. The summed E-state index contributed by atoms with van der Waals surface area (Å²) >= 11 is 0. The second kappa shape index (κ2) is 10.0. The Bertz CT molecular complexity index is 687. The van der Waals surface area contributed by atoms with Gasteiger partial charge in [0.1, 0.15) is 0 Å². The van der Waals surface area contributed by atoms with Gasteiger partial charge < -0.3 is 14.3 Å². The Morgan fingerprint density at radius 3 is 1.93 bits per heavy atom. The zero-order valence-corrected chi connectivity index (χ0v) is 19.1. The van der Waals surface area contributed by atoms with E-state index < -0.39 is 8.32 Å². The van der Waals surface area contributed by atoms with Gasteiger partial charge in [-0.3, -0.25) is 0 Å². The van der Waals surface area contributed by atoms with Crippen LogP contribution >= 0.6 is 0 Å². The summed E-state index contributed by atoms with van der Waals surface area (Å²) in [4.78, 5) is 0. The lowest BCUT2D eigenvalue weighted by Gasteiger charge is -2.43. The van der Waals surface area contributed by atoms with Crippen molar-refractivity contribution in [3.8, 4) is 0 Å². The predicted octanol–water partition coefficient (Wildman–Crippen LogP) is 4.27. The molecule has 158 valence electrons. The second-order valence-electron chi connectivity index (χ2n) is 9.13. The van der Waals surface area contributed by atoms with Gasteiger partial charge in [-0.05, 0) is 34.7 Å². The maximum Gasteiger partial charge on any atom is 0.261 e. The molecular formula is C25H36O3Si. The molecule has 0 aromatic heterocycles. The zero-order chi connectivity index (χ0) is 20.7. The van der Waals surface area contributed by atoms with E-state index in [4.69, 9.17) is 9.16 Å². The minimum atomic E-state index is -2.46. The Balaban J connectivity index is 1.74. The number of ether oxygens (including phenoxy) is 1. The average molecular weight is 413 g/mol. The topological polar surface area (TPSA) is 38.7 Å². The van der Waals surface area contributed by atoms with Crippen molar-refractivity contribution in [3.63, 3.8) is 0 Å². The molecule has 0 spiro atoms. The van der Waals surface area contributed by atoms with Crippen LogP contribution in [0.4, 0.5) is 0 Å². The van der Waals surface area contributed by atoms with Crippen LogP contribution in [0.2, 0.25) is 5.04 Å². The van der Waals surface area contributed by atoms with Gasteiger partial charge in [-0.15, -0.1) is 0 Å². The van der Waals surface area contributed by atoms with E-state index in [9.17, 15) is 5.11 Å². The molecule has 0 radical (unpaired) electrons. The van der Waals surface area contributed by atoms with Crippen LogP contribution in [0.25, 0.3) is 0 Å². The molecule has 0 aliphatic heterocycles. The Hall–Kier alpha value is -1.46. The van der Waals surface area contributed by atoms with Gasteiger partial charge in [-0.2, -0.15) is 0 Å². The highest BCUT2D eigenvalue weighted by atomic mass is 28.4. The molecule has 2 atom stereocenters. The van der Waals surface area contributed by atoms with Crippen LogP contribution in [0.5, 0.6) is 0 Å². The van der Waals surface area contributed by atoms with E-state index in [1.54, 1.807) is 0 Å². The zero-order valence-electron chi connectivity index (χ0n) is 18.1. The Morgan fingerprint density at radius 2 is 1.41 bits per heavy atom. The van der Waals surface area contributed by atoms with Crippen LogP contribution in [-0.4, -0.2) is 38.8 Å². The quantitative estimate of drug-likeness (QED) is 0.520. The van der Waals surface area contributed by atoms with Gasteiger partial charge in [0.2, 0.25) is 0 Å². The van der Waals surface area contributed by atoms with Crippen LogP contribution in [0.1, 0.15) is 52.9 Å². The largest absolute Gasteiger partial charge is 0.407 e. The van der Waals surface area contributed by atoms with E-state index in [0.717, 1.165) is 32.1 Å². The van der Waals surface area contributed by atoms with Crippen molar-refractivity contribution in [2.24, 2.45) is 0 Å². The van der Waals surface area contributed by atoms with Crippen LogP contribution < -0.4 is 10.4 Å². The van der Waals surface area contributed by atoms with Crippen molar-refractivity contribution in [3.05, 3.63) is 60.7 Å². The van der Waals surface area contributed by atoms with Crippen LogP contribution in [0.3, 0.4) is 0 Å². The first-order chi connectivity index (χ1) is 13.9. The average Bonchev–Trinajstić information content (AvgIpc) is 2.72. The van der Waals surface area contributed by atoms with Gasteiger partial charge in [0.25, 0.3) is 8.32 Å². The number of rotatable bonds is 8. The molecule has 0 bridgehead atoms. The molecule has 1 N–H and O–H groups in total. The summed E-state index contributed by atoms with van der Waals surface area (Å²) in [5.74, 6) is 0. The van der Waals surface area contributed by atoms with Gasteiger partial charge in [-0.25, -0.2) is 0 Å². The molecule has 1 aliphatic rings. The molecule has 1 fully saturated rings. The number of benzene rings is 2. The van der Waals surface area contributed by atoms with E-state index >= 15 is 0 Å².